The number of nitrogens with one attached hydrogen (secondary N) is 8. The Labute approximate surface area is 564 Å². The number of piperazine rings is 1. The smallest absolute Gasteiger partial charge is 0.246 e. The Morgan fingerprint density at radius 1 is 0.740 bits per heavy atom. The van der Waals surface area contributed by atoms with Gasteiger partial charge in [0.2, 0.25) is 41.4 Å². The van der Waals surface area contributed by atoms with E-state index in [1.807, 2.05) is 24.3 Å². The molecule has 8 aliphatic rings. The monoisotopic (exact) mass is 1330 g/mol. The number of carbonyl (C=O) groups excluding carboxylic acids is 7. The van der Waals surface area contributed by atoms with Crippen molar-refractivity contribution in [3.05, 3.63) is 77.1 Å². The van der Waals surface area contributed by atoms with Crippen LogP contribution in [-0.2, 0) is 46.5 Å². The lowest BCUT2D eigenvalue weighted by Crippen LogP contribution is -2.66. The van der Waals surface area contributed by atoms with Crippen molar-refractivity contribution in [1.82, 2.24) is 66.8 Å². The molecule has 1 unspecified atom stereocenters. The molecule has 25 heteroatoms. The van der Waals surface area contributed by atoms with Crippen molar-refractivity contribution < 1.29 is 42.3 Å². The van der Waals surface area contributed by atoms with Crippen molar-refractivity contribution in [2.24, 2.45) is 23.2 Å². The highest BCUT2D eigenvalue weighted by molar-refractivity contribution is 5.94. The lowest BCUT2D eigenvalue weighted by Gasteiger charge is -2.48. The molecule has 7 fully saturated rings. The summed E-state index contributed by atoms with van der Waals surface area (Å²) in [7, 11) is 1.70. The molecule has 8 N–H and O–H groups in total. The number of piperidine rings is 2. The van der Waals surface area contributed by atoms with Crippen LogP contribution in [-0.4, -0.2) is 212 Å². The topological polar surface area (TPSA) is 261 Å². The van der Waals surface area contributed by atoms with E-state index in [1.165, 1.54) is 24.0 Å². The van der Waals surface area contributed by atoms with Gasteiger partial charge in [-0.05, 0) is 151 Å². The van der Waals surface area contributed by atoms with Crippen LogP contribution in [0.25, 0.3) is 0 Å². The summed E-state index contributed by atoms with van der Waals surface area (Å²) < 4.78 is 31.3. The van der Waals surface area contributed by atoms with E-state index in [2.05, 4.69) is 92.0 Å². The average molecular weight is 1330 g/mol. The van der Waals surface area contributed by atoms with Crippen molar-refractivity contribution >= 4 is 58.7 Å². The Morgan fingerprint density at radius 3 is 2.22 bits per heavy atom. The van der Waals surface area contributed by atoms with Gasteiger partial charge in [0.25, 0.3) is 0 Å². The van der Waals surface area contributed by atoms with Crippen LogP contribution in [0.3, 0.4) is 0 Å². The van der Waals surface area contributed by atoms with E-state index in [1.54, 1.807) is 23.8 Å². The van der Waals surface area contributed by atoms with Crippen LogP contribution < -0.4 is 52.3 Å². The zero-order valence-electron chi connectivity index (χ0n) is 57.0. The van der Waals surface area contributed by atoms with Crippen molar-refractivity contribution in [2.45, 2.75) is 172 Å². The number of aryl methyl sites for hydroxylation is 1. The van der Waals surface area contributed by atoms with E-state index in [0.29, 0.717) is 94.8 Å². The number of anilines is 3. The maximum Gasteiger partial charge on any atom is 0.246 e. The number of fused-ring (bicyclic) bond motifs is 2. The van der Waals surface area contributed by atoms with E-state index in [-0.39, 0.29) is 96.8 Å². The summed E-state index contributed by atoms with van der Waals surface area (Å²) in [5.74, 6) is -0.280. The summed E-state index contributed by atoms with van der Waals surface area (Å²) >= 11 is 0. The number of halogens is 2. The standard InChI is InChI=1S/C71H104F2N16O7/c1-47(74-4)67(94)82-66(49-14-6-5-7-15-49)69(96)89-42-53(34-59(89)68(95)81-57-18-10-16-48-13-8-9-17-54(48)57)80-63(91)20-19-62(90)76-27-12-28-85-38-51-40-86(41-52(51)39-85)43-64(92)77-26-11-25-75-60-36-61(79-46-78-60)87-31-23-71(24-32-87)45-88(44-65(93)83-71)58-35-55(72)50(33-56(58)73)37-84-29-21-70(2,3)22-30-84/h8-9,13,17,33,35-36,46-47,49,51-53,57,59,66,74H,5-7,10-12,14-16,18-32,34,37-45H2,1-4H3,(H,76,90)(H,77,92)(H,80,91)(H,81,95)(H,82,94)(H,83,93)(H,75,78,79)/t47-,51-,52+,53-,57?,59-,66-/m0/s1. The summed E-state index contributed by atoms with van der Waals surface area (Å²) in [5, 5.41) is 25.0. The van der Waals surface area contributed by atoms with Crippen molar-refractivity contribution in [3.8, 4) is 0 Å². The number of carbonyl (C=O) groups is 7. The maximum atomic E-state index is 15.8. The van der Waals surface area contributed by atoms with Gasteiger partial charge in [0.15, 0.2) is 0 Å². The molecule has 3 aromatic rings. The number of nitrogens with zero attached hydrogens (tertiary/aromatic N) is 8. The van der Waals surface area contributed by atoms with Crippen molar-refractivity contribution in [2.75, 3.05) is 127 Å². The minimum Gasteiger partial charge on any atom is -0.370 e. The summed E-state index contributed by atoms with van der Waals surface area (Å²) in [6.07, 6.45) is 13.6. The third-order valence-electron chi connectivity index (χ3n) is 22.0. The molecule has 2 aromatic carbocycles. The number of rotatable bonds is 26. The molecule has 0 radical (unpaired) electrons. The first-order valence-electron chi connectivity index (χ1n) is 35.8. The summed E-state index contributed by atoms with van der Waals surface area (Å²) in [6.45, 7) is 16.3. The van der Waals surface area contributed by atoms with Gasteiger partial charge in [0.05, 0.1) is 36.4 Å². The Balaban J connectivity index is 0.551. The van der Waals surface area contributed by atoms with E-state index >= 15 is 8.78 Å². The lowest BCUT2D eigenvalue weighted by molar-refractivity contribution is -0.143. The molecule has 1 saturated carbocycles. The third kappa shape index (κ3) is 18.2. The highest BCUT2D eigenvalue weighted by Gasteiger charge is 2.47. The first-order chi connectivity index (χ1) is 46.3. The van der Waals surface area contributed by atoms with Gasteiger partial charge in [0.1, 0.15) is 41.7 Å². The Morgan fingerprint density at radius 2 is 1.46 bits per heavy atom. The van der Waals surface area contributed by atoms with Gasteiger partial charge < -0.3 is 62.1 Å². The van der Waals surface area contributed by atoms with Gasteiger partial charge in [-0.25, -0.2) is 18.7 Å². The van der Waals surface area contributed by atoms with Gasteiger partial charge >= 0.3 is 0 Å². The third-order valence-corrected chi connectivity index (χ3v) is 22.0. The lowest BCUT2D eigenvalue weighted by atomic mass is 9.82. The summed E-state index contributed by atoms with van der Waals surface area (Å²) in [6, 6.07) is 9.71. The Hall–Kier alpha value is -7.09. The van der Waals surface area contributed by atoms with E-state index in [9.17, 15) is 33.6 Å². The fraction of sp³-hybridized carbons (Fsp3) is 0.676. The van der Waals surface area contributed by atoms with Crippen LogP contribution in [0.2, 0.25) is 0 Å². The van der Waals surface area contributed by atoms with Crippen molar-refractivity contribution in [3.63, 3.8) is 0 Å². The number of benzene rings is 2. The molecule has 7 amide bonds. The second-order valence-electron chi connectivity index (χ2n) is 29.6. The zero-order valence-corrected chi connectivity index (χ0v) is 57.0. The minimum absolute atomic E-state index is 0.000365. The van der Waals surface area contributed by atoms with Crippen LogP contribution in [0.5, 0.6) is 0 Å². The molecular formula is C71H104F2N16O7. The largest absolute Gasteiger partial charge is 0.370 e. The fourth-order valence-electron chi connectivity index (χ4n) is 16.2. The van der Waals surface area contributed by atoms with Gasteiger partial charge in [-0.2, -0.15) is 0 Å². The Bertz CT molecular complexity index is 3210. The molecule has 7 atom stereocenters. The number of hydrogen-bond donors (Lipinski definition) is 8. The normalized spacial score (nSPS) is 24.3. The van der Waals surface area contributed by atoms with Gasteiger partial charge in [-0.15, -0.1) is 0 Å². The minimum atomic E-state index is -0.854. The molecule has 23 nitrogen and oxygen atoms in total. The highest BCUT2D eigenvalue weighted by atomic mass is 19.1. The quantitative estimate of drug-likeness (QED) is 0.0519. The SMILES string of the molecule is CN[C@@H](C)C(=O)N[C@H](C(=O)N1C[C@@H](NC(=O)CCC(=O)NCCCN2C[C@@H]3CN(CC(=O)NCCCNc4cc(N5CCC6(CC5)CN(c5cc(F)c(CN7CCC(C)(C)CC7)cc5F)CC(=O)N6)ncn4)C[C@@H]3C2)C[C@H]1C(=O)NC1CCCc2ccccc21)C1CCCCC1. The molecule has 1 aromatic heterocycles. The molecule has 11 rings (SSSR count). The van der Waals surface area contributed by atoms with Crippen LogP contribution in [0.1, 0.15) is 146 Å². The van der Waals surface area contributed by atoms with Gasteiger partial charge in [-0.3, -0.25) is 43.4 Å². The second-order valence-corrected chi connectivity index (χ2v) is 29.6. The molecular weight excluding hydrogens is 1230 g/mol. The average Bonchev–Trinajstić information content (AvgIpc) is 0.936. The second kappa shape index (κ2) is 32.1. The highest BCUT2D eigenvalue weighted by Crippen LogP contribution is 2.37. The predicted octanol–water partition coefficient (Wildman–Crippen LogP) is 4.37. The number of aromatic nitrogens is 2. The fourth-order valence-corrected chi connectivity index (χ4v) is 16.2. The molecule has 1 spiro atoms. The van der Waals surface area contributed by atoms with E-state index in [4.69, 9.17) is 0 Å². The molecule has 0 bridgehead atoms. The Kier molecular flexibility index (Phi) is 23.5. The molecule has 7 heterocycles. The molecule has 524 valence electrons. The van der Waals surface area contributed by atoms with Gasteiger partial charge in [-0.1, -0.05) is 57.4 Å². The molecule has 6 saturated heterocycles. The maximum absolute atomic E-state index is 15.8. The summed E-state index contributed by atoms with van der Waals surface area (Å²) in [4.78, 5) is 116. The number of hydrogen-bond acceptors (Lipinski definition) is 16. The van der Waals surface area contributed by atoms with Crippen LogP contribution >= 0.6 is 0 Å². The summed E-state index contributed by atoms with van der Waals surface area (Å²) in [5.41, 5.74) is 2.41. The van der Waals surface area contributed by atoms with Crippen LogP contribution in [0.15, 0.2) is 48.8 Å². The first-order valence-corrected chi connectivity index (χ1v) is 35.8. The van der Waals surface area contributed by atoms with Crippen LogP contribution in [0.4, 0.5) is 26.1 Å². The predicted molar refractivity (Wildman–Crippen MR) is 363 cm³/mol. The molecule has 2 aliphatic carbocycles. The zero-order chi connectivity index (χ0) is 67.5. The first kappa shape index (κ1) is 70.2. The number of amides is 7. The molecule has 96 heavy (non-hydrogen) atoms. The number of likely N-dealkylation sites (tertiary alicyclic amines) is 4. The van der Waals surface area contributed by atoms with E-state index in [0.717, 1.165) is 128 Å². The van der Waals surface area contributed by atoms with Gasteiger partial charge in [0, 0.05) is 115 Å². The van der Waals surface area contributed by atoms with Crippen molar-refractivity contribution in [1.29, 1.82) is 0 Å². The molecule has 6 aliphatic heterocycles. The van der Waals surface area contributed by atoms with Crippen LogP contribution in [0, 0.1) is 34.8 Å². The number of likely N-dealkylation sites (N-methyl/N-ethyl adjacent to an activating group) is 1. The van der Waals surface area contributed by atoms with E-state index < -0.39 is 41.3 Å².